The molecular weight excluding hydrogens is 460 g/mol. The Labute approximate surface area is 209 Å². The minimum absolute atomic E-state index is 0.0209. The summed E-state index contributed by atoms with van der Waals surface area (Å²) in [6.07, 6.45) is 1.56. The van der Waals surface area contributed by atoms with Crippen LogP contribution in [0.15, 0.2) is 64.2 Å². The van der Waals surface area contributed by atoms with Crippen LogP contribution in [0.4, 0.5) is 17.2 Å². The lowest BCUT2D eigenvalue weighted by Crippen LogP contribution is -2.41. The van der Waals surface area contributed by atoms with Crippen molar-refractivity contribution in [3.8, 4) is 0 Å². The highest BCUT2D eigenvalue weighted by atomic mass is 16.2. The standard InChI is InChI=1S/C26H32N6O4/c1-3-5-15-32-23(27)22(25(35)30-26(32)36)31(4-2)17-21(33)29-20-14-10-9-13-19(20)24(34)28-16-18-11-7-6-8-12-18/h6-14H,3-5,15-17,27H2,1-2H3,(H,28,34)(H,29,33)(H,30,35,36). The van der Waals surface area contributed by atoms with E-state index in [4.69, 9.17) is 5.73 Å². The predicted octanol–water partition coefficient (Wildman–Crippen LogP) is 2.31. The van der Waals surface area contributed by atoms with Gasteiger partial charge in [-0.3, -0.25) is 23.9 Å². The van der Waals surface area contributed by atoms with Crippen LogP contribution < -0.4 is 32.5 Å². The van der Waals surface area contributed by atoms with Crippen LogP contribution in [0.1, 0.15) is 42.6 Å². The second kappa shape index (κ2) is 12.4. The third kappa shape index (κ3) is 6.41. The molecule has 0 unspecified atom stereocenters. The summed E-state index contributed by atoms with van der Waals surface area (Å²) in [6, 6.07) is 16.2. The molecule has 10 nitrogen and oxygen atoms in total. The Bertz CT molecular complexity index is 1320. The molecular formula is C26H32N6O4. The number of unbranched alkanes of at least 4 members (excludes halogenated alkanes) is 1. The van der Waals surface area contributed by atoms with Crippen molar-refractivity contribution in [3.63, 3.8) is 0 Å². The summed E-state index contributed by atoms with van der Waals surface area (Å²) in [5, 5.41) is 5.62. The molecule has 0 radical (unpaired) electrons. The van der Waals surface area contributed by atoms with Crippen molar-refractivity contribution in [2.24, 2.45) is 0 Å². The van der Waals surface area contributed by atoms with E-state index in [-0.39, 0.29) is 24.0 Å². The number of aromatic amines is 1. The maximum absolute atomic E-state index is 12.9. The molecule has 36 heavy (non-hydrogen) atoms. The normalized spacial score (nSPS) is 10.6. The van der Waals surface area contributed by atoms with Crippen molar-refractivity contribution >= 4 is 29.0 Å². The van der Waals surface area contributed by atoms with Gasteiger partial charge in [-0.1, -0.05) is 55.8 Å². The van der Waals surface area contributed by atoms with Gasteiger partial charge < -0.3 is 21.3 Å². The van der Waals surface area contributed by atoms with E-state index in [1.165, 1.54) is 9.47 Å². The fourth-order valence-corrected chi connectivity index (χ4v) is 3.80. The first-order chi connectivity index (χ1) is 17.3. The minimum atomic E-state index is -0.652. The summed E-state index contributed by atoms with van der Waals surface area (Å²) >= 11 is 0. The van der Waals surface area contributed by atoms with Crippen molar-refractivity contribution in [2.75, 3.05) is 29.0 Å². The zero-order valence-corrected chi connectivity index (χ0v) is 20.5. The molecule has 0 atom stereocenters. The van der Waals surface area contributed by atoms with Gasteiger partial charge in [0.1, 0.15) is 11.5 Å². The number of hydrogen-bond donors (Lipinski definition) is 4. The van der Waals surface area contributed by atoms with E-state index in [0.29, 0.717) is 37.3 Å². The zero-order valence-electron chi connectivity index (χ0n) is 20.5. The van der Waals surface area contributed by atoms with E-state index in [2.05, 4.69) is 15.6 Å². The molecule has 5 N–H and O–H groups in total. The van der Waals surface area contributed by atoms with Gasteiger partial charge in [-0.05, 0) is 31.0 Å². The molecule has 0 saturated heterocycles. The number of aromatic nitrogens is 2. The largest absolute Gasteiger partial charge is 0.383 e. The van der Waals surface area contributed by atoms with Gasteiger partial charge in [0.05, 0.1) is 17.8 Å². The number of anilines is 3. The summed E-state index contributed by atoms with van der Waals surface area (Å²) in [7, 11) is 0. The molecule has 1 heterocycles. The summed E-state index contributed by atoms with van der Waals surface area (Å²) < 4.78 is 1.31. The molecule has 0 aliphatic heterocycles. The van der Waals surface area contributed by atoms with Gasteiger partial charge in [-0.25, -0.2) is 4.79 Å². The van der Waals surface area contributed by atoms with Gasteiger partial charge in [0.15, 0.2) is 0 Å². The molecule has 0 bridgehead atoms. The van der Waals surface area contributed by atoms with Gasteiger partial charge in [0.25, 0.3) is 11.5 Å². The Hall–Kier alpha value is -4.34. The smallest absolute Gasteiger partial charge is 0.330 e. The third-order valence-corrected chi connectivity index (χ3v) is 5.72. The lowest BCUT2D eigenvalue weighted by molar-refractivity contribution is -0.115. The number of amides is 2. The lowest BCUT2D eigenvalue weighted by Gasteiger charge is -2.24. The Morgan fingerprint density at radius 2 is 1.72 bits per heavy atom. The van der Waals surface area contributed by atoms with E-state index in [9.17, 15) is 19.2 Å². The van der Waals surface area contributed by atoms with E-state index in [1.807, 2.05) is 37.3 Å². The number of hydrogen-bond acceptors (Lipinski definition) is 6. The maximum Gasteiger partial charge on any atom is 0.330 e. The lowest BCUT2D eigenvalue weighted by atomic mass is 10.1. The Morgan fingerprint density at radius 3 is 2.42 bits per heavy atom. The number of rotatable bonds is 11. The maximum atomic E-state index is 12.9. The first-order valence-electron chi connectivity index (χ1n) is 11.9. The van der Waals surface area contributed by atoms with Gasteiger partial charge in [0.2, 0.25) is 5.91 Å². The highest BCUT2D eigenvalue weighted by Crippen LogP contribution is 2.19. The van der Waals surface area contributed by atoms with Gasteiger partial charge in [0, 0.05) is 19.6 Å². The van der Waals surface area contributed by atoms with Crippen LogP contribution in [-0.4, -0.2) is 34.5 Å². The van der Waals surface area contributed by atoms with Crippen LogP contribution in [0.25, 0.3) is 0 Å². The van der Waals surface area contributed by atoms with Gasteiger partial charge >= 0.3 is 5.69 Å². The monoisotopic (exact) mass is 492 g/mol. The number of carbonyl (C=O) groups is 2. The van der Waals surface area contributed by atoms with E-state index in [0.717, 1.165) is 12.0 Å². The number of benzene rings is 2. The van der Waals surface area contributed by atoms with Crippen LogP contribution >= 0.6 is 0 Å². The number of nitrogens with one attached hydrogen (secondary N) is 3. The number of nitrogens with two attached hydrogens (primary N) is 1. The molecule has 190 valence electrons. The fourth-order valence-electron chi connectivity index (χ4n) is 3.80. The molecule has 1 aromatic heterocycles. The van der Waals surface area contributed by atoms with E-state index >= 15 is 0 Å². The molecule has 2 amide bonds. The SMILES string of the molecule is CCCCn1c(N)c(N(CC)CC(=O)Nc2ccccc2C(=O)NCc2ccccc2)c(=O)[nH]c1=O. The number of H-pyrrole nitrogens is 1. The molecule has 0 aliphatic rings. The molecule has 3 rings (SSSR count). The first-order valence-corrected chi connectivity index (χ1v) is 11.9. The molecule has 0 aliphatic carbocycles. The quantitative estimate of drug-likeness (QED) is 0.324. The van der Waals surface area contributed by atoms with Gasteiger partial charge in [-0.2, -0.15) is 0 Å². The Balaban J connectivity index is 1.76. The van der Waals surface area contributed by atoms with Crippen molar-refractivity contribution in [1.82, 2.24) is 14.9 Å². The second-order valence-electron chi connectivity index (χ2n) is 8.27. The molecule has 3 aromatic rings. The summed E-state index contributed by atoms with van der Waals surface area (Å²) in [6.45, 7) is 4.57. The highest BCUT2D eigenvalue weighted by Gasteiger charge is 2.21. The summed E-state index contributed by atoms with van der Waals surface area (Å²) in [5.41, 5.74) is 6.64. The van der Waals surface area contributed by atoms with E-state index in [1.54, 1.807) is 31.2 Å². The van der Waals surface area contributed by atoms with Gasteiger partial charge in [-0.15, -0.1) is 0 Å². The average Bonchev–Trinajstić information content (AvgIpc) is 2.87. The topological polar surface area (TPSA) is 142 Å². The zero-order chi connectivity index (χ0) is 26.1. The third-order valence-electron chi connectivity index (χ3n) is 5.72. The Kier molecular flexibility index (Phi) is 9.04. The van der Waals surface area contributed by atoms with Crippen LogP contribution in [0, 0.1) is 0 Å². The van der Waals surface area contributed by atoms with Crippen molar-refractivity contribution < 1.29 is 9.59 Å². The molecule has 10 heteroatoms. The van der Waals surface area contributed by atoms with Crippen LogP contribution in [0.3, 0.4) is 0 Å². The van der Waals surface area contributed by atoms with E-state index < -0.39 is 17.2 Å². The van der Waals surface area contributed by atoms with Crippen molar-refractivity contribution in [2.45, 2.75) is 39.8 Å². The molecule has 0 saturated carbocycles. The average molecular weight is 493 g/mol. The Morgan fingerprint density at radius 1 is 1.03 bits per heavy atom. The molecule has 0 fully saturated rings. The van der Waals surface area contributed by atoms with Crippen molar-refractivity contribution in [1.29, 1.82) is 0 Å². The molecule has 2 aromatic carbocycles. The number of nitrogen functional groups attached to an aromatic ring is 1. The number of para-hydroxylation sites is 1. The summed E-state index contributed by atoms with van der Waals surface area (Å²) in [5.74, 6) is -0.747. The summed E-state index contributed by atoms with van der Waals surface area (Å²) in [4.78, 5) is 54.4. The fraction of sp³-hybridized carbons (Fsp3) is 0.308. The van der Waals surface area contributed by atoms with Crippen LogP contribution in [-0.2, 0) is 17.9 Å². The highest BCUT2D eigenvalue weighted by molar-refractivity contribution is 6.04. The van der Waals surface area contributed by atoms with Crippen LogP contribution in [0.5, 0.6) is 0 Å². The van der Waals surface area contributed by atoms with Crippen molar-refractivity contribution in [3.05, 3.63) is 86.6 Å². The molecule has 0 spiro atoms. The number of likely N-dealkylation sites (N-methyl/N-ethyl adjacent to an activating group) is 1. The second-order valence-corrected chi connectivity index (χ2v) is 8.27. The van der Waals surface area contributed by atoms with Crippen LogP contribution in [0.2, 0.25) is 0 Å². The predicted molar refractivity (Wildman–Crippen MR) is 141 cm³/mol. The minimum Gasteiger partial charge on any atom is -0.383 e. The number of carbonyl (C=O) groups excluding carboxylic acids is 2. The number of nitrogens with zero attached hydrogens (tertiary/aromatic N) is 2. The first kappa shape index (κ1) is 26.3.